The molecule has 1 aliphatic heterocycles. The monoisotopic (exact) mass is 307 g/mol. The van der Waals surface area contributed by atoms with Crippen LogP contribution in [0.1, 0.15) is 16.8 Å². The van der Waals surface area contributed by atoms with E-state index >= 15 is 0 Å². The van der Waals surface area contributed by atoms with Gasteiger partial charge in [-0.3, -0.25) is 9.59 Å². The van der Waals surface area contributed by atoms with Gasteiger partial charge >= 0.3 is 5.97 Å². The molecule has 1 heterocycles. The third kappa shape index (κ3) is 3.82. The minimum Gasteiger partial charge on any atom is -0.465 e. The molecule has 21 heavy (non-hydrogen) atoms. The lowest BCUT2D eigenvalue weighted by atomic mass is 10.2. The van der Waals surface area contributed by atoms with Gasteiger partial charge in [-0.05, 0) is 18.2 Å². The number of esters is 1. The van der Waals surface area contributed by atoms with Crippen LogP contribution in [0, 0.1) is 0 Å². The van der Waals surface area contributed by atoms with E-state index < -0.39 is 17.1 Å². The first-order valence-electron chi connectivity index (χ1n) is 6.02. The van der Waals surface area contributed by atoms with Crippen molar-refractivity contribution < 1.29 is 19.1 Å². The van der Waals surface area contributed by atoms with Gasteiger partial charge in [-0.15, -0.1) is 0 Å². The molecule has 0 saturated carbocycles. The minimum atomic E-state index is -0.589. The van der Waals surface area contributed by atoms with E-state index in [9.17, 15) is 14.4 Å². The molecule has 1 aliphatic rings. The molecular formula is C13H13N3O4S. The van der Waals surface area contributed by atoms with Crippen LogP contribution in [0.4, 0.5) is 5.69 Å². The van der Waals surface area contributed by atoms with E-state index in [-0.39, 0.29) is 17.5 Å². The summed E-state index contributed by atoms with van der Waals surface area (Å²) in [6.07, 6.45) is -0.0316. The van der Waals surface area contributed by atoms with Gasteiger partial charge in [0, 0.05) is 12.1 Å². The van der Waals surface area contributed by atoms with E-state index in [0.717, 1.165) is 11.8 Å². The lowest BCUT2D eigenvalue weighted by Crippen LogP contribution is -2.21. The summed E-state index contributed by atoms with van der Waals surface area (Å²) >= 11 is 1.07. The standard InChI is InChI=1S/C13H13N3O4S/c1-20-12(19)7-3-2-4-8(5-7)15-10(17)6-9-11(18)16-13(14)21-9/h2-5,9H,6H2,1H3,(H,15,17)(H2,14,16,18)/t9-/m1/s1. The number of nitrogens with zero attached hydrogens (tertiary/aromatic N) is 1. The molecule has 0 aliphatic carbocycles. The zero-order chi connectivity index (χ0) is 15.4. The predicted octanol–water partition coefficient (Wildman–Crippen LogP) is 0.758. The molecular weight excluding hydrogens is 294 g/mol. The second-order valence-corrected chi connectivity index (χ2v) is 5.44. The Morgan fingerprint density at radius 2 is 2.24 bits per heavy atom. The summed E-state index contributed by atoms with van der Waals surface area (Å²) in [5.41, 5.74) is 6.20. The van der Waals surface area contributed by atoms with Gasteiger partial charge in [0.1, 0.15) is 5.25 Å². The number of carbonyl (C=O) groups excluding carboxylic acids is 3. The number of hydrogen-bond acceptors (Lipinski definition) is 6. The first-order chi connectivity index (χ1) is 9.99. The fraction of sp³-hybridized carbons (Fsp3) is 0.231. The minimum absolute atomic E-state index is 0.0316. The molecule has 7 nitrogen and oxygen atoms in total. The molecule has 0 aromatic heterocycles. The molecule has 0 bridgehead atoms. The highest BCUT2D eigenvalue weighted by Gasteiger charge is 2.29. The number of carbonyl (C=O) groups is 3. The Morgan fingerprint density at radius 1 is 1.48 bits per heavy atom. The van der Waals surface area contributed by atoms with Gasteiger partial charge in [0.15, 0.2) is 5.17 Å². The van der Waals surface area contributed by atoms with Gasteiger partial charge < -0.3 is 15.8 Å². The number of nitrogens with one attached hydrogen (secondary N) is 1. The second kappa shape index (κ2) is 6.40. The Bertz CT molecular complexity index is 630. The van der Waals surface area contributed by atoms with Crippen LogP contribution in [-0.2, 0) is 14.3 Å². The first kappa shape index (κ1) is 15.0. The van der Waals surface area contributed by atoms with Crippen LogP contribution in [-0.4, -0.2) is 35.3 Å². The maximum absolute atomic E-state index is 11.9. The number of rotatable bonds is 4. The molecule has 1 atom stereocenters. The highest BCUT2D eigenvalue weighted by Crippen LogP contribution is 2.23. The normalized spacial score (nSPS) is 17.3. The van der Waals surface area contributed by atoms with Gasteiger partial charge in [0.25, 0.3) is 5.91 Å². The second-order valence-electron chi connectivity index (χ2n) is 4.22. The Balaban J connectivity index is 1.97. The Hall–Kier alpha value is -2.35. The van der Waals surface area contributed by atoms with E-state index in [2.05, 4.69) is 15.0 Å². The van der Waals surface area contributed by atoms with Gasteiger partial charge in [0.05, 0.1) is 12.7 Å². The largest absolute Gasteiger partial charge is 0.465 e. The number of anilines is 1. The van der Waals surface area contributed by atoms with Crippen molar-refractivity contribution in [3.63, 3.8) is 0 Å². The molecule has 8 heteroatoms. The van der Waals surface area contributed by atoms with Crippen LogP contribution in [0.15, 0.2) is 29.3 Å². The lowest BCUT2D eigenvalue weighted by molar-refractivity contribution is -0.121. The summed E-state index contributed by atoms with van der Waals surface area (Å²) in [5.74, 6) is -1.25. The number of hydrogen-bond donors (Lipinski definition) is 2. The van der Waals surface area contributed by atoms with Crippen molar-refractivity contribution in [1.29, 1.82) is 0 Å². The average Bonchev–Trinajstić information content (AvgIpc) is 2.76. The number of thioether (sulfide) groups is 1. The fourth-order valence-corrected chi connectivity index (χ4v) is 2.58. The molecule has 0 fully saturated rings. The van der Waals surface area contributed by atoms with Crippen LogP contribution in [0.2, 0.25) is 0 Å². The smallest absolute Gasteiger partial charge is 0.337 e. The molecule has 0 radical (unpaired) electrons. The zero-order valence-electron chi connectivity index (χ0n) is 11.2. The molecule has 3 N–H and O–H groups in total. The van der Waals surface area contributed by atoms with Crippen molar-refractivity contribution in [3.8, 4) is 0 Å². The van der Waals surface area contributed by atoms with Gasteiger partial charge in [-0.2, -0.15) is 4.99 Å². The maximum atomic E-state index is 11.9. The number of ether oxygens (including phenoxy) is 1. The number of aliphatic imine (C=N–C) groups is 1. The molecule has 2 amide bonds. The summed E-state index contributed by atoms with van der Waals surface area (Å²) in [4.78, 5) is 38.3. The van der Waals surface area contributed by atoms with Crippen LogP contribution >= 0.6 is 11.8 Å². The highest BCUT2D eigenvalue weighted by molar-refractivity contribution is 8.15. The average molecular weight is 307 g/mol. The van der Waals surface area contributed by atoms with Crippen molar-refractivity contribution in [2.75, 3.05) is 12.4 Å². The molecule has 0 spiro atoms. The summed E-state index contributed by atoms with van der Waals surface area (Å²) in [5, 5.41) is 2.20. The number of methoxy groups -OCH3 is 1. The quantitative estimate of drug-likeness (QED) is 0.794. The molecule has 1 aromatic rings. The summed E-state index contributed by atoms with van der Waals surface area (Å²) in [6, 6.07) is 6.34. The first-order valence-corrected chi connectivity index (χ1v) is 6.90. The van der Waals surface area contributed by atoms with Crippen molar-refractivity contribution in [2.24, 2.45) is 10.7 Å². The van der Waals surface area contributed by atoms with E-state index in [1.807, 2.05) is 0 Å². The van der Waals surface area contributed by atoms with Crippen molar-refractivity contribution in [3.05, 3.63) is 29.8 Å². The summed E-state index contributed by atoms with van der Waals surface area (Å²) in [6.45, 7) is 0. The summed E-state index contributed by atoms with van der Waals surface area (Å²) < 4.78 is 4.60. The Kier molecular flexibility index (Phi) is 4.59. The molecule has 2 rings (SSSR count). The molecule has 110 valence electrons. The SMILES string of the molecule is COC(=O)c1cccc(NC(=O)C[C@H]2SC(N)=NC2=O)c1. The molecule has 0 unspecified atom stereocenters. The highest BCUT2D eigenvalue weighted by atomic mass is 32.2. The van der Waals surface area contributed by atoms with Gasteiger partial charge in [-0.1, -0.05) is 17.8 Å². The number of nitrogens with two attached hydrogens (primary N) is 1. The molecule has 0 saturated heterocycles. The van der Waals surface area contributed by atoms with E-state index in [0.29, 0.717) is 11.3 Å². The van der Waals surface area contributed by atoms with Crippen LogP contribution < -0.4 is 11.1 Å². The summed E-state index contributed by atoms with van der Waals surface area (Å²) in [7, 11) is 1.28. The Labute approximate surface area is 124 Å². The van der Waals surface area contributed by atoms with Crippen molar-refractivity contribution >= 4 is 40.4 Å². The van der Waals surface area contributed by atoms with E-state index in [4.69, 9.17) is 5.73 Å². The number of amidine groups is 1. The third-order valence-corrected chi connectivity index (χ3v) is 3.68. The van der Waals surface area contributed by atoms with E-state index in [1.165, 1.54) is 13.2 Å². The Morgan fingerprint density at radius 3 is 2.86 bits per heavy atom. The van der Waals surface area contributed by atoms with Crippen molar-refractivity contribution in [1.82, 2.24) is 0 Å². The van der Waals surface area contributed by atoms with Gasteiger partial charge in [-0.25, -0.2) is 4.79 Å². The lowest BCUT2D eigenvalue weighted by Gasteiger charge is -2.08. The third-order valence-electron chi connectivity index (χ3n) is 2.70. The zero-order valence-corrected chi connectivity index (χ0v) is 12.0. The number of amides is 2. The molecule has 1 aromatic carbocycles. The van der Waals surface area contributed by atoms with E-state index in [1.54, 1.807) is 18.2 Å². The number of benzene rings is 1. The van der Waals surface area contributed by atoms with Crippen molar-refractivity contribution in [2.45, 2.75) is 11.7 Å². The van der Waals surface area contributed by atoms with Crippen LogP contribution in [0.5, 0.6) is 0 Å². The fourth-order valence-electron chi connectivity index (χ4n) is 1.75. The maximum Gasteiger partial charge on any atom is 0.337 e. The van der Waals surface area contributed by atoms with Gasteiger partial charge in [0.2, 0.25) is 5.91 Å². The van der Waals surface area contributed by atoms with Crippen LogP contribution in [0.3, 0.4) is 0 Å². The van der Waals surface area contributed by atoms with Crippen LogP contribution in [0.25, 0.3) is 0 Å². The predicted molar refractivity (Wildman–Crippen MR) is 79.0 cm³/mol. The topological polar surface area (TPSA) is 111 Å².